The van der Waals surface area contributed by atoms with Crippen molar-refractivity contribution in [3.63, 3.8) is 0 Å². The minimum Gasteiger partial charge on any atom is -0.328 e. The van der Waals surface area contributed by atoms with Crippen molar-refractivity contribution >= 4 is 26.5 Å². The molecular weight excluding hydrogens is 223 g/mol. The van der Waals surface area contributed by atoms with E-state index in [0.717, 1.165) is 0 Å². The maximum Gasteiger partial charge on any atom is 0.304 e. The Hall–Kier alpha value is 0.120. The van der Waals surface area contributed by atoms with Gasteiger partial charge in [0.2, 0.25) is 0 Å². The molecule has 1 amide bonds. The van der Waals surface area contributed by atoms with Crippen LogP contribution in [0.5, 0.6) is 0 Å². The number of hydrogen-bond donors (Lipinski definition) is 2. The van der Waals surface area contributed by atoms with Gasteiger partial charge in [0.15, 0.2) is 0 Å². The minimum absolute atomic E-state index is 0.240. The minimum atomic E-state index is -0.240. The molecule has 0 atom stereocenters. The molecule has 8 heavy (non-hydrogen) atoms. The third-order valence-corrected chi connectivity index (χ3v) is 0.593. The van der Waals surface area contributed by atoms with Crippen molar-refractivity contribution in [3.8, 4) is 0 Å². The van der Waals surface area contributed by atoms with Crippen molar-refractivity contribution in [1.29, 1.82) is 0 Å². The van der Waals surface area contributed by atoms with Gasteiger partial charge in [-0.1, -0.05) is 0 Å². The van der Waals surface area contributed by atoms with E-state index in [9.17, 15) is 4.79 Å². The summed E-state index contributed by atoms with van der Waals surface area (Å²) in [5.41, 5.74) is 7.15. The Morgan fingerprint density at radius 1 is 1.88 bits per heavy atom. The number of hydroxylamine groups is 1. The normalized spacial score (nSPS) is 8.75. The van der Waals surface area contributed by atoms with Crippen LogP contribution in [0.1, 0.15) is 0 Å². The van der Waals surface area contributed by atoms with Gasteiger partial charge >= 0.3 is 3.91 Å². The van der Waals surface area contributed by atoms with Gasteiger partial charge < -0.3 is 5.73 Å². The first-order valence-corrected chi connectivity index (χ1v) is 3.12. The lowest BCUT2D eigenvalue weighted by Gasteiger charge is -1.97. The first kappa shape index (κ1) is 8.12. The van der Waals surface area contributed by atoms with Crippen LogP contribution in [-0.4, -0.2) is 17.1 Å². The number of hydrogen-bond acceptors (Lipinski definition) is 3. The molecule has 0 aromatic carbocycles. The van der Waals surface area contributed by atoms with E-state index in [4.69, 9.17) is 5.73 Å². The molecule has 3 N–H and O–H groups in total. The maximum absolute atomic E-state index is 10.0. The zero-order valence-electron chi connectivity index (χ0n) is 4.19. The van der Waals surface area contributed by atoms with Gasteiger partial charge in [-0.15, -0.1) is 0 Å². The highest BCUT2D eigenvalue weighted by atomic mass is 127. The third-order valence-electron chi connectivity index (χ3n) is 0.372. The molecule has 4 nitrogen and oxygen atoms in total. The van der Waals surface area contributed by atoms with Crippen LogP contribution < -0.4 is 11.2 Å². The van der Waals surface area contributed by atoms with Crippen molar-refractivity contribution in [2.45, 2.75) is 0 Å². The molecular formula is C3H7IN2O2. The molecule has 0 spiro atoms. The topological polar surface area (TPSA) is 64.3 Å². The Morgan fingerprint density at radius 2 is 2.50 bits per heavy atom. The van der Waals surface area contributed by atoms with E-state index in [1.807, 2.05) is 0 Å². The summed E-state index contributed by atoms with van der Waals surface area (Å²) in [6.45, 7) is 0.770. The van der Waals surface area contributed by atoms with E-state index in [0.29, 0.717) is 13.2 Å². The number of nitrogens with one attached hydrogen (secondary N) is 1. The standard InChI is InChI=1S/C3H7IN2O2/c4-3(7)6-8-2-1-5/h1-2,5H2,(H,6,7). The largest absolute Gasteiger partial charge is 0.328 e. The molecule has 0 aromatic rings. The lowest BCUT2D eigenvalue weighted by atomic mass is 10.8. The Labute approximate surface area is 60.8 Å². The maximum atomic E-state index is 10.0. The molecule has 48 valence electrons. The van der Waals surface area contributed by atoms with Crippen molar-refractivity contribution in [1.82, 2.24) is 5.48 Å². The number of carbonyl (C=O) groups excluding carboxylic acids is 1. The van der Waals surface area contributed by atoms with Gasteiger partial charge in [0.25, 0.3) is 0 Å². The first-order chi connectivity index (χ1) is 3.77. The second-order valence-electron chi connectivity index (χ2n) is 1.01. The number of nitrogens with two attached hydrogens (primary N) is 1. The average Bonchev–Trinajstić information content (AvgIpc) is 1.66. The molecule has 5 heteroatoms. The van der Waals surface area contributed by atoms with Crippen molar-refractivity contribution in [3.05, 3.63) is 0 Å². The highest BCUT2D eigenvalue weighted by Crippen LogP contribution is 1.80. The van der Waals surface area contributed by atoms with Crippen LogP contribution in [0.15, 0.2) is 0 Å². The van der Waals surface area contributed by atoms with Crippen LogP contribution >= 0.6 is 22.6 Å². The summed E-state index contributed by atoms with van der Waals surface area (Å²) in [5.74, 6) is 0. The lowest BCUT2D eigenvalue weighted by Crippen LogP contribution is -2.21. The molecule has 0 aromatic heterocycles. The van der Waals surface area contributed by atoms with E-state index >= 15 is 0 Å². The van der Waals surface area contributed by atoms with E-state index < -0.39 is 0 Å². The Kier molecular flexibility index (Phi) is 5.34. The molecule has 0 bridgehead atoms. The quantitative estimate of drug-likeness (QED) is 0.236. The molecule has 0 saturated carbocycles. The molecule has 0 radical (unpaired) electrons. The summed E-state index contributed by atoms with van der Waals surface area (Å²) in [7, 11) is 0. The second-order valence-corrected chi connectivity index (χ2v) is 1.99. The van der Waals surface area contributed by atoms with Crippen molar-refractivity contribution in [2.24, 2.45) is 5.73 Å². The summed E-state index contributed by atoms with van der Waals surface area (Å²) < 4.78 is -0.240. The van der Waals surface area contributed by atoms with Gasteiger partial charge in [-0.2, -0.15) is 0 Å². The van der Waals surface area contributed by atoms with Crippen LogP contribution in [0.25, 0.3) is 0 Å². The van der Waals surface area contributed by atoms with E-state index in [-0.39, 0.29) is 3.91 Å². The lowest BCUT2D eigenvalue weighted by molar-refractivity contribution is 0.0772. The van der Waals surface area contributed by atoms with Crippen LogP contribution in [0.4, 0.5) is 4.79 Å². The molecule has 0 aliphatic rings. The summed E-state index contributed by atoms with van der Waals surface area (Å²) in [6, 6.07) is 0. The van der Waals surface area contributed by atoms with Gasteiger partial charge in [0.05, 0.1) is 6.61 Å². The monoisotopic (exact) mass is 230 g/mol. The van der Waals surface area contributed by atoms with Gasteiger partial charge in [-0.3, -0.25) is 9.63 Å². The molecule has 0 unspecified atom stereocenters. The SMILES string of the molecule is NCCONC(=O)I. The summed E-state index contributed by atoms with van der Waals surface area (Å²) >= 11 is 1.57. The van der Waals surface area contributed by atoms with Crippen molar-refractivity contribution in [2.75, 3.05) is 13.2 Å². The van der Waals surface area contributed by atoms with Gasteiger partial charge in [-0.05, 0) is 0 Å². The second kappa shape index (κ2) is 5.26. The molecule has 0 aliphatic heterocycles. The van der Waals surface area contributed by atoms with Crippen LogP contribution in [0.3, 0.4) is 0 Å². The molecule has 0 heterocycles. The fourth-order valence-corrected chi connectivity index (χ4v) is 0.322. The number of halogens is 1. The Morgan fingerprint density at radius 3 is 2.88 bits per heavy atom. The number of carbonyl (C=O) groups is 1. The average molecular weight is 230 g/mol. The van der Waals surface area contributed by atoms with Gasteiger partial charge in [-0.25, -0.2) is 5.48 Å². The summed E-state index contributed by atoms with van der Waals surface area (Å²) in [6.07, 6.45) is 0. The third kappa shape index (κ3) is 6.12. The molecule has 0 saturated heterocycles. The zero-order valence-corrected chi connectivity index (χ0v) is 6.34. The number of rotatable bonds is 3. The predicted molar refractivity (Wildman–Crippen MR) is 37.6 cm³/mol. The number of amides is 1. The molecule has 0 fully saturated rings. The van der Waals surface area contributed by atoms with Gasteiger partial charge in [0.1, 0.15) is 0 Å². The fraction of sp³-hybridized carbons (Fsp3) is 0.667. The summed E-state index contributed by atoms with van der Waals surface area (Å²) in [5, 5.41) is 0. The fourth-order valence-electron chi connectivity index (χ4n) is 0.167. The Balaban J connectivity index is 2.82. The van der Waals surface area contributed by atoms with E-state index in [1.165, 1.54) is 0 Å². The molecule has 0 aliphatic carbocycles. The Bertz CT molecular complexity index is 77.7. The zero-order chi connectivity index (χ0) is 6.41. The highest BCUT2D eigenvalue weighted by molar-refractivity contribution is 14.1. The van der Waals surface area contributed by atoms with Crippen LogP contribution in [0, 0.1) is 0 Å². The molecule has 0 rings (SSSR count). The highest BCUT2D eigenvalue weighted by Gasteiger charge is 1.87. The first-order valence-electron chi connectivity index (χ1n) is 2.04. The smallest absolute Gasteiger partial charge is 0.304 e. The van der Waals surface area contributed by atoms with Crippen molar-refractivity contribution < 1.29 is 9.63 Å². The van der Waals surface area contributed by atoms with Crippen LogP contribution in [0.2, 0.25) is 0 Å². The van der Waals surface area contributed by atoms with E-state index in [1.54, 1.807) is 22.6 Å². The van der Waals surface area contributed by atoms with Gasteiger partial charge in [0, 0.05) is 29.1 Å². The predicted octanol–water partition coefficient (Wildman–Crippen LogP) is 0.0213. The summed E-state index contributed by atoms with van der Waals surface area (Å²) in [4.78, 5) is 14.5. The van der Waals surface area contributed by atoms with Crippen LogP contribution in [-0.2, 0) is 4.84 Å². The van der Waals surface area contributed by atoms with E-state index in [2.05, 4.69) is 10.3 Å².